The third-order valence-corrected chi connectivity index (χ3v) is 12.4. The molecule has 0 spiro atoms. The van der Waals surface area contributed by atoms with Crippen LogP contribution in [0.4, 0.5) is 10.1 Å². The maximum absolute atomic E-state index is 15.0. The molecule has 0 saturated carbocycles. The van der Waals surface area contributed by atoms with Gasteiger partial charge in [0, 0.05) is 65.7 Å². The number of aromatic nitrogens is 4. The predicted octanol–water partition coefficient (Wildman–Crippen LogP) is 6.95. The molecular formula is C42H42Cl3FN8O8S. The number of piperazine rings is 1. The molecule has 332 valence electrons. The number of alkyl halides is 1. The Bertz CT molecular complexity index is 2660. The smallest absolute Gasteiger partial charge is 0.341 e. The first-order valence-corrected chi connectivity index (χ1v) is 22.1. The number of carbonyl (C=O) groups excluding carboxylic acids is 2. The van der Waals surface area contributed by atoms with Crippen LogP contribution in [0.25, 0.3) is 10.9 Å². The number of nitrogens with one attached hydrogen (secondary N) is 1. The van der Waals surface area contributed by atoms with Gasteiger partial charge in [-0.15, -0.1) is 21.8 Å². The molecule has 8 rings (SSSR count). The number of halogens is 4. The number of ether oxygens (including phenoxy) is 2. The summed E-state index contributed by atoms with van der Waals surface area (Å²) in [6, 6.07) is 13.6. The molecule has 0 radical (unpaired) electrons. The van der Waals surface area contributed by atoms with Crippen molar-refractivity contribution in [1.82, 2.24) is 24.3 Å². The lowest BCUT2D eigenvalue weighted by molar-refractivity contribution is -0.133. The Morgan fingerprint density at radius 2 is 1.84 bits per heavy atom. The summed E-state index contributed by atoms with van der Waals surface area (Å²) >= 11 is 19.3. The molecule has 1 saturated heterocycles. The number of rotatable bonds is 13. The monoisotopic (exact) mass is 942 g/mol. The number of ketones is 1. The van der Waals surface area contributed by atoms with Crippen molar-refractivity contribution in [3.63, 3.8) is 0 Å². The zero-order valence-electron chi connectivity index (χ0n) is 34.3. The van der Waals surface area contributed by atoms with Crippen molar-refractivity contribution >= 4 is 86.5 Å². The Morgan fingerprint density at radius 3 is 2.56 bits per heavy atom. The number of para-hydroxylation sites is 1. The molecule has 5 heterocycles. The number of hydrogen-bond donors (Lipinski definition) is 2. The van der Waals surface area contributed by atoms with Gasteiger partial charge in [-0.25, -0.2) is 13.9 Å². The van der Waals surface area contributed by atoms with E-state index in [4.69, 9.17) is 49.1 Å². The normalized spacial score (nSPS) is 17.0. The average Bonchev–Trinajstić information content (AvgIpc) is 3.91. The molecular weight excluding hydrogens is 902 g/mol. The van der Waals surface area contributed by atoms with E-state index in [1.54, 1.807) is 22.8 Å². The van der Waals surface area contributed by atoms with Crippen LogP contribution in [0, 0.1) is 5.82 Å². The van der Waals surface area contributed by atoms with E-state index >= 15 is 0 Å². The average molecular weight is 944 g/mol. The Morgan fingerprint density at radius 1 is 1.08 bits per heavy atom. The first-order valence-electron chi connectivity index (χ1n) is 19.9. The molecule has 1 fully saturated rings. The van der Waals surface area contributed by atoms with Gasteiger partial charge in [0.15, 0.2) is 23.5 Å². The Hall–Kier alpha value is -5.40. The lowest BCUT2D eigenvalue weighted by atomic mass is 9.99. The first-order chi connectivity index (χ1) is 30.3. The molecule has 3 aromatic carbocycles. The molecule has 2 aromatic heterocycles. The van der Waals surface area contributed by atoms with Crippen LogP contribution >= 0.6 is 46.6 Å². The topological polar surface area (TPSA) is 183 Å². The van der Waals surface area contributed by atoms with Crippen molar-refractivity contribution in [3.05, 3.63) is 103 Å². The van der Waals surface area contributed by atoms with Crippen LogP contribution in [0.3, 0.4) is 0 Å². The molecule has 21 heteroatoms. The highest BCUT2D eigenvalue weighted by atomic mass is 35.5. The summed E-state index contributed by atoms with van der Waals surface area (Å²) in [5.74, 6) is -2.02. The van der Waals surface area contributed by atoms with Gasteiger partial charge in [-0.2, -0.15) is 0 Å². The molecule has 2 unspecified atom stereocenters. The lowest BCUT2D eigenvalue weighted by Gasteiger charge is -2.37. The van der Waals surface area contributed by atoms with Gasteiger partial charge in [0.1, 0.15) is 30.2 Å². The van der Waals surface area contributed by atoms with E-state index in [2.05, 4.69) is 25.7 Å². The van der Waals surface area contributed by atoms with Crippen molar-refractivity contribution in [2.45, 2.75) is 50.6 Å². The summed E-state index contributed by atoms with van der Waals surface area (Å²) in [6.45, 7) is 7.06. The maximum atomic E-state index is 15.0. The number of pyridine rings is 1. The second-order valence-electron chi connectivity index (χ2n) is 14.8. The highest BCUT2D eigenvalue weighted by molar-refractivity contribution is 7.99. The minimum absolute atomic E-state index is 0.0351. The van der Waals surface area contributed by atoms with Crippen molar-refractivity contribution < 1.29 is 38.2 Å². The number of thioether (sulfide) groups is 1. The standard InChI is InChI=1S/C24H22Cl3N5O4S.C18H20FN3O4/c1-2-9-37-24-29-28-22(32(24)30-23(34)19(33)12-25)13-35-20-6-4-3-5-16(20)18-11-21(36-31-18)15-8-7-14(26)10-17(15)27;1-10-9-26-17-14-11(16(23)12(18(24)25)8-22(10)14)7-13(19)15(17)21-5-3-20(2)4-6-21/h3-8,10,21H,2,9,11-13H2,1H3,(H,30,34);7-8,10H,3-6,9H2,1-2H3,(H,24,25). The van der Waals surface area contributed by atoms with Crippen molar-refractivity contribution in [2.75, 3.05) is 61.8 Å². The van der Waals surface area contributed by atoms with E-state index in [1.165, 1.54) is 22.6 Å². The molecule has 2 N–H and O–H groups in total. The van der Waals surface area contributed by atoms with Crippen LogP contribution in [-0.4, -0.2) is 104 Å². The van der Waals surface area contributed by atoms with E-state index in [0.717, 1.165) is 42.5 Å². The number of oxime groups is 1. The lowest BCUT2D eigenvalue weighted by Crippen LogP contribution is -2.45. The van der Waals surface area contributed by atoms with Gasteiger partial charge in [-0.05, 0) is 50.7 Å². The second kappa shape index (κ2) is 20.0. The summed E-state index contributed by atoms with van der Waals surface area (Å²) in [5, 5.41) is 23.4. The number of benzene rings is 3. The van der Waals surface area contributed by atoms with Crippen LogP contribution in [-0.2, 0) is 21.0 Å². The number of anilines is 1. The number of nitrogens with zero attached hydrogens (tertiary/aromatic N) is 7. The third kappa shape index (κ3) is 9.89. The van der Waals surface area contributed by atoms with Crippen molar-refractivity contribution in [2.24, 2.45) is 5.16 Å². The fraction of sp³-hybridized carbons (Fsp3) is 0.357. The van der Waals surface area contributed by atoms with Gasteiger partial charge in [0.05, 0.1) is 28.5 Å². The highest BCUT2D eigenvalue weighted by Crippen LogP contribution is 2.42. The predicted molar refractivity (Wildman–Crippen MR) is 238 cm³/mol. The first kappa shape index (κ1) is 45.6. The molecule has 3 aliphatic rings. The summed E-state index contributed by atoms with van der Waals surface area (Å²) < 4.78 is 30.0. The Balaban J connectivity index is 0.000000200. The van der Waals surface area contributed by atoms with Crippen LogP contribution in [0.5, 0.6) is 11.5 Å². The van der Waals surface area contributed by atoms with E-state index in [-0.39, 0.29) is 36.3 Å². The van der Waals surface area contributed by atoms with Crippen molar-refractivity contribution in [3.8, 4) is 11.5 Å². The molecule has 5 aromatic rings. The number of amides is 1. The van der Waals surface area contributed by atoms with Crippen molar-refractivity contribution in [1.29, 1.82) is 0 Å². The summed E-state index contributed by atoms with van der Waals surface area (Å²) in [4.78, 5) is 57.7. The number of carboxylic acids is 1. The van der Waals surface area contributed by atoms with Crippen LogP contribution in [0.15, 0.2) is 69.8 Å². The minimum atomic E-state index is -1.32. The zero-order valence-corrected chi connectivity index (χ0v) is 37.4. The number of likely N-dealkylation sites (N-methyl/N-ethyl adjacent to an activating group) is 1. The molecule has 3 aliphatic heterocycles. The van der Waals surface area contributed by atoms with Gasteiger partial charge >= 0.3 is 11.9 Å². The molecule has 16 nitrogen and oxygen atoms in total. The van der Waals surface area contributed by atoms with E-state index in [9.17, 15) is 28.7 Å². The number of Topliss-reactive ketones (excluding diaryl/α,β-unsaturated/α-hetero) is 1. The molecule has 63 heavy (non-hydrogen) atoms. The van der Waals surface area contributed by atoms with Gasteiger partial charge in [-0.3, -0.25) is 19.8 Å². The van der Waals surface area contributed by atoms with Crippen LogP contribution in [0.2, 0.25) is 10.0 Å². The largest absolute Gasteiger partial charge is 0.487 e. The molecule has 0 bridgehead atoms. The van der Waals surface area contributed by atoms with E-state index in [0.29, 0.717) is 69.0 Å². The zero-order chi connectivity index (χ0) is 44.9. The summed E-state index contributed by atoms with van der Waals surface area (Å²) in [5.41, 5.74) is 4.50. The Labute approximate surface area is 379 Å². The van der Waals surface area contributed by atoms with E-state index < -0.39 is 34.8 Å². The number of carbonyl (C=O) groups is 3. The van der Waals surface area contributed by atoms with Gasteiger partial charge in [0.25, 0.3) is 0 Å². The van der Waals surface area contributed by atoms with E-state index in [1.807, 2.05) is 50.1 Å². The molecule has 1 amide bonds. The quantitative estimate of drug-likeness (QED) is 0.0703. The molecule has 0 aliphatic carbocycles. The fourth-order valence-corrected chi connectivity index (χ4v) is 8.56. The Kier molecular flexibility index (Phi) is 14.5. The van der Waals surface area contributed by atoms with Crippen LogP contribution < -0.4 is 25.2 Å². The SMILES string of the molecule is CC1COc2c(N3CCN(C)CC3)c(F)cc3c(=O)c(C(=O)O)cn1c23.CCCSc1nnc(COc2ccccc2C2=NOC(c3ccc(Cl)cc3Cl)C2)n1NC(=O)C(=O)CCl. The number of hydrogen-bond acceptors (Lipinski definition) is 13. The minimum Gasteiger partial charge on any atom is -0.487 e. The van der Waals surface area contributed by atoms with Gasteiger partial charge < -0.3 is 33.8 Å². The number of aromatic carboxylic acids is 1. The molecule has 2 atom stereocenters. The van der Waals surface area contributed by atoms with Gasteiger partial charge in [-0.1, -0.05) is 65.2 Å². The number of carboxylic acid groups (broad SMARTS) is 1. The second-order valence-corrected chi connectivity index (χ2v) is 17.0. The highest BCUT2D eigenvalue weighted by Gasteiger charge is 2.32. The summed E-state index contributed by atoms with van der Waals surface area (Å²) in [7, 11) is 2.02. The summed E-state index contributed by atoms with van der Waals surface area (Å²) in [6.07, 6.45) is 2.35. The third-order valence-electron chi connectivity index (χ3n) is 10.4. The van der Waals surface area contributed by atoms with Crippen LogP contribution in [0.1, 0.15) is 66.1 Å². The fourth-order valence-electron chi connectivity index (χ4n) is 7.15. The van der Waals surface area contributed by atoms with Gasteiger partial charge in [0.2, 0.25) is 16.4 Å². The maximum Gasteiger partial charge on any atom is 0.341 e.